The molecule has 0 aliphatic rings. The van der Waals surface area contributed by atoms with E-state index in [1.807, 2.05) is 0 Å². The molecule has 1 nitrogen and oxygen atoms in total. The molecule has 0 saturated heterocycles. The van der Waals surface area contributed by atoms with E-state index >= 15 is 0 Å². The van der Waals surface area contributed by atoms with Crippen LogP contribution in [-0.2, 0) is 11.8 Å². The molecule has 0 radical (unpaired) electrons. The lowest BCUT2D eigenvalue weighted by Crippen LogP contribution is -1.86. The third-order valence-corrected chi connectivity index (χ3v) is 3.21. The van der Waals surface area contributed by atoms with Crippen molar-refractivity contribution in [2.45, 2.75) is 0 Å². The first-order chi connectivity index (χ1) is 6.29. The van der Waals surface area contributed by atoms with Crippen molar-refractivity contribution in [2.24, 2.45) is 0 Å². The zero-order valence-corrected chi connectivity index (χ0v) is 11.7. The van der Waals surface area contributed by atoms with Crippen molar-refractivity contribution in [1.82, 2.24) is 0 Å². The second kappa shape index (κ2) is 4.78. The van der Waals surface area contributed by atoms with Crippen LogP contribution in [0.4, 0.5) is 0 Å². The van der Waals surface area contributed by atoms with Gasteiger partial charge in [0, 0.05) is 12.7 Å². The molecule has 0 amide bonds. The first-order valence-electron chi connectivity index (χ1n) is 3.41. The Hall–Kier alpha value is 0.830. The van der Waals surface area contributed by atoms with Crippen LogP contribution in [0, 0.1) is 0 Å². The predicted molar refractivity (Wildman–Crippen MR) is 68.2 cm³/mol. The van der Waals surface area contributed by atoms with Crippen molar-refractivity contribution >= 4 is 63.5 Å². The van der Waals surface area contributed by atoms with Gasteiger partial charge in [0.2, 0.25) is 0 Å². The second-order valence-electron chi connectivity index (χ2n) is 2.53. The largest absolute Gasteiger partial charge is 0.451 e. The second-order valence-corrected chi connectivity index (χ2v) is 10.1. The lowest BCUT2D eigenvalue weighted by atomic mass is 10.3. The Morgan fingerprint density at radius 3 is 2.14 bits per heavy atom. The summed E-state index contributed by atoms with van der Waals surface area (Å²) >= 11 is 28.1. The van der Waals surface area contributed by atoms with Crippen molar-refractivity contribution in [3.05, 3.63) is 27.2 Å². The molecule has 0 N–H and O–H groups in total. The van der Waals surface area contributed by atoms with Crippen molar-refractivity contribution in [3.63, 3.8) is 0 Å². The molecule has 0 aromatic heterocycles. The molecule has 0 fully saturated rings. The standard InChI is InChI=1S/C7H5Cl4OPS/c1-13(11,14)12-7-3-5(9)4(8)2-6(7)10/h2-3H,1H3. The zero-order valence-electron chi connectivity index (χ0n) is 6.93. The summed E-state index contributed by atoms with van der Waals surface area (Å²) in [5, 5.41) is 1.06. The minimum absolute atomic E-state index is 0.344. The third kappa shape index (κ3) is 3.77. The first kappa shape index (κ1) is 12.9. The average molecular weight is 310 g/mol. The van der Waals surface area contributed by atoms with Gasteiger partial charge in [0.15, 0.2) is 5.62 Å². The van der Waals surface area contributed by atoms with Crippen LogP contribution >= 0.6 is 51.7 Å². The molecule has 0 heterocycles. The molecule has 1 atom stereocenters. The molecule has 0 spiro atoms. The van der Waals surface area contributed by atoms with Gasteiger partial charge in [-0.3, -0.25) is 0 Å². The fourth-order valence-electron chi connectivity index (χ4n) is 0.750. The minimum atomic E-state index is -2.33. The molecule has 0 bridgehead atoms. The molecule has 1 rings (SSSR count). The molecule has 7 heteroatoms. The third-order valence-electron chi connectivity index (χ3n) is 1.24. The van der Waals surface area contributed by atoms with E-state index in [0.717, 1.165) is 0 Å². The van der Waals surface area contributed by atoms with Crippen molar-refractivity contribution < 1.29 is 4.52 Å². The van der Waals surface area contributed by atoms with Crippen molar-refractivity contribution in [3.8, 4) is 5.75 Å². The zero-order chi connectivity index (χ0) is 10.9. The van der Waals surface area contributed by atoms with E-state index in [-0.39, 0.29) is 0 Å². The van der Waals surface area contributed by atoms with E-state index in [1.54, 1.807) is 6.66 Å². The van der Waals surface area contributed by atoms with E-state index in [1.165, 1.54) is 12.1 Å². The average Bonchev–Trinajstić information content (AvgIpc) is 1.97. The molecule has 78 valence electrons. The minimum Gasteiger partial charge on any atom is -0.451 e. The monoisotopic (exact) mass is 308 g/mol. The van der Waals surface area contributed by atoms with Gasteiger partial charge in [-0.15, -0.1) is 0 Å². The summed E-state index contributed by atoms with van der Waals surface area (Å²) in [5.74, 6) is 0.363. The summed E-state index contributed by atoms with van der Waals surface area (Å²) in [4.78, 5) is 0. The summed E-state index contributed by atoms with van der Waals surface area (Å²) in [6, 6.07) is 2.99. The number of hydrogen-bond acceptors (Lipinski definition) is 2. The molecular weight excluding hydrogens is 305 g/mol. The van der Waals surface area contributed by atoms with Gasteiger partial charge < -0.3 is 4.52 Å². The van der Waals surface area contributed by atoms with Gasteiger partial charge in [-0.1, -0.05) is 34.8 Å². The van der Waals surface area contributed by atoms with Crippen LogP contribution in [0.5, 0.6) is 5.75 Å². The predicted octanol–water partition coefficient (Wildman–Crippen LogP) is 5.20. The molecule has 0 saturated carbocycles. The molecule has 0 aliphatic carbocycles. The van der Waals surface area contributed by atoms with Crippen molar-refractivity contribution in [2.75, 3.05) is 6.66 Å². The Bertz CT molecular complexity index is 403. The SMILES string of the molecule is CP(=S)(Cl)Oc1cc(Cl)c(Cl)cc1Cl. The molecule has 0 aliphatic heterocycles. The topological polar surface area (TPSA) is 9.23 Å². The number of benzene rings is 1. The smallest absolute Gasteiger partial charge is 0.196 e. The van der Waals surface area contributed by atoms with Crippen LogP contribution in [0.25, 0.3) is 0 Å². The highest BCUT2D eigenvalue weighted by molar-refractivity contribution is 8.24. The maximum Gasteiger partial charge on any atom is 0.196 e. The van der Waals surface area contributed by atoms with Crippen LogP contribution in [0.15, 0.2) is 12.1 Å². The van der Waals surface area contributed by atoms with Crippen LogP contribution in [0.3, 0.4) is 0 Å². The highest BCUT2D eigenvalue weighted by Gasteiger charge is 2.12. The van der Waals surface area contributed by atoms with E-state index in [4.69, 9.17) is 62.4 Å². The van der Waals surface area contributed by atoms with Crippen LogP contribution < -0.4 is 4.52 Å². The van der Waals surface area contributed by atoms with Gasteiger partial charge in [0.25, 0.3) is 0 Å². The Morgan fingerprint density at radius 1 is 1.14 bits per heavy atom. The fraction of sp³-hybridized carbons (Fsp3) is 0.143. The maximum absolute atomic E-state index is 5.85. The Kier molecular flexibility index (Phi) is 4.40. The quantitative estimate of drug-likeness (QED) is 0.548. The van der Waals surface area contributed by atoms with Crippen molar-refractivity contribution in [1.29, 1.82) is 0 Å². The summed E-state index contributed by atoms with van der Waals surface area (Å²) in [6.07, 6.45) is 0. The Morgan fingerprint density at radius 2 is 1.64 bits per heavy atom. The normalized spacial score (nSPS) is 14.9. The Labute approximate surface area is 107 Å². The summed E-state index contributed by atoms with van der Waals surface area (Å²) in [6.45, 7) is 1.63. The molecule has 1 aromatic rings. The van der Waals surface area contributed by atoms with E-state index < -0.39 is 5.62 Å². The highest BCUT2D eigenvalue weighted by atomic mass is 35.7. The van der Waals surface area contributed by atoms with Gasteiger partial charge in [-0.25, -0.2) is 0 Å². The lowest BCUT2D eigenvalue weighted by Gasteiger charge is -2.13. The van der Waals surface area contributed by atoms with Gasteiger partial charge >= 0.3 is 0 Å². The fourth-order valence-corrected chi connectivity index (χ4v) is 2.35. The summed E-state index contributed by atoms with van der Waals surface area (Å²) in [5.41, 5.74) is -2.33. The van der Waals surface area contributed by atoms with Gasteiger partial charge in [-0.2, -0.15) is 0 Å². The van der Waals surface area contributed by atoms with Gasteiger partial charge in [-0.05, 0) is 29.1 Å². The number of halogens is 4. The summed E-state index contributed by atoms with van der Waals surface area (Å²) < 4.78 is 5.28. The molecular formula is C7H5Cl4OPS. The summed E-state index contributed by atoms with van der Waals surface area (Å²) in [7, 11) is 0. The maximum atomic E-state index is 5.85. The van der Waals surface area contributed by atoms with E-state index in [2.05, 4.69) is 0 Å². The van der Waals surface area contributed by atoms with Gasteiger partial charge in [0.05, 0.1) is 15.1 Å². The lowest BCUT2D eigenvalue weighted by molar-refractivity contribution is 0.629. The van der Waals surface area contributed by atoms with E-state index in [0.29, 0.717) is 20.8 Å². The van der Waals surface area contributed by atoms with Crippen LogP contribution in [0.1, 0.15) is 0 Å². The van der Waals surface area contributed by atoms with Gasteiger partial charge in [0.1, 0.15) is 5.75 Å². The first-order valence-corrected chi connectivity index (χ1v) is 8.61. The van der Waals surface area contributed by atoms with Crippen LogP contribution in [-0.4, -0.2) is 6.66 Å². The van der Waals surface area contributed by atoms with E-state index in [9.17, 15) is 0 Å². The number of rotatable bonds is 2. The molecule has 1 unspecified atom stereocenters. The molecule has 14 heavy (non-hydrogen) atoms. The van der Waals surface area contributed by atoms with Crippen LogP contribution in [0.2, 0.25) is 15.1 Å². The highest BCUT2D eigenvalue weighted by Crippen LogP contribution is 2.51. The Balaban J connectivity index is 3.11. The number of hydrogen-bond donors (Lipinski definition) is 0. The molecule has 1 aromatic carbocycles.